The molecule has 0 spiro atoms. The quantitative estimate of drug-likeness (QED) is 0.0525. The lowest BCUT2D eigenvalue weighted by Crippen LogP contribution is -2.65. The number of carbonyl (C=O) groups is 2. The fraction of sp³-hybridized carbons (Fsp3) is 0.944. The van der Waals surface area contributed by atoms with Crippen molar-refractivity contribution in [2.75, 3.05) is 13.2 Å². The Balaban J connectivity index is 2.04. The summed E-state index contributed by atoms with van der Waals surface area (Å²) in [6.07, 6.45) is 2.77. The van der Waals surface area contributed by atoms with E-state index in [1.807, 2.05) is 0 Å². The minimum Gasteiger partial charge on any atom is -0.550 e. The molecule has 14 heteroatoms. The number of carboxylic acids is 1. The fourth-order valence-corrected chi connectivity index (χ4v) is 6.51. The lowest BCUT2D eigenvalue weighted by molar-refractivity contribution is -0.372. The summed E-state index contributed by atoms with van der Waals surface area (Å²) in [5.74, 6) is -1.64. The molecule has 2 saturated heterocycles. The predicted octanol–water partition coefficient (Wildman–Crippen LogP) is 1.75. The van der Waals surface area contributed by atoms with Crippen LogP contribution in [0.1, 0.15) is 136 Å². The van der Waals surface area contributed by atoms with Crippen molar-refractivity contribution in [1.82, 2.24) is 0 Å². The Bertz CT molecular complexity index is 908. The van der Waals surface area contributed by atoms with E-state index >= 15 is 0 Å². The van der Waals surface area contributed by atoms with Gasteiger partial charge in [0, 0.05) is 12.9 Å². The van der Waals surface area contributed by atoms with Crippen molar-refractivity contribution in [3.63, 3.8) is 0 Å². The van der Waals surface area contributed by atoms with Gasteiger partial charge in [-0.25, -0.2) is 0 Å². The van der Waals surface area contributed by atoms with Gasteiger partial charge in [0.1, 0.15) is 55.4 Å². The zero-order chi connectivity index (χ0) is 36.9. The molecule has 50 heavy (non-hydrogen) atoms. The molecule has 2 fully saturated rings. The summed E-state index contributed by atoms with van der Waals surface area (Å²) in [5, 5.41) is 73.8. The third kappa shape index (κ3) is 16.5. The van der Waals surface area contributed by atoms with Crippen LogP contribution in [0.5, 0.6) is 0 Å². The molecule has 0 aromatic rings. The number of aliphatic carboxylic acids is 1. The summed E-state index contributed by atoms with van der Waals surface area (Å²) in [4.78, 5) is 21.9. The summed E-state index contributed by atoms with van der Waals surface area (Å²) in [6, 6.07) is 0. The molecule has 1 unspecified atom stereocenters. The van der Waals surface area contributed by atoms with Crippen molar-refractivity contribution in [3.05, 3.63) is 0 Å². The maximum atomic E-state index is 11.3. The Morgan fingerprint density at radius 2 is 1.16 bits per heavy atom. The average molecular weight is 722 g/mol. The van der Waals surface area contributed by atoms with Gasteiger partial charge in [0.2, 0.25) is 0 Å². The molecule has 0 saturated carbocycles. The van der Waals surface area contributed by atoms with Crippen LogP contribution in [-0.4, -0.2) is 123 Å². The monoisotopic (exact) mass is 721 g/mol. The molecule has 0 amide bonds. The first-order valence-corrected chi connectivity index (χ1v) is 19.0. The first kappa shape index (κ1) is 44.7. The van der Waals surface area contributed by atoms with E-state index in [0.717, 1.165) is 70.6 Å². The van der Waals surface area contributed by atoms with Crippen LogP contribution in [0, 0.1) is 0 Å². The first-order valence-electron chi connectivity index (χ1n) is 19.0. The van der Waals surface area contributed by atoms with E-state index in [0.29, 0.717) is 19.3 Å². The maximum absolute atomic E-state index is 11.3. The zero-order valence-electron chi connectivity index (χ0n) is 30.1. The van der Waals surface area contributed by atoms with Crippen LogP contribution in [0.15, 0.2) is 0 Å². The Morgan fingerprint density at radius 3 is 1.68 bits per heavy atom. The van der Waals surface area contributed by atoms with E-state index in [-0.39, 0.29) is 12.5 Å². The van der Waals surface area contributed by atoms with Crippen molar-refractivity contribution in [1.29, 1.82) is 0 Å². The van der Waals surface area contributed by atoms with Crippen LogP contribution in [0.2, 0.25) is 0 Å². The number of aliphatic hydroxyl groups excluding tert-OH is 6. The van der Waals surface area contributed by atoms with Gasteiger partial charge in [0.25, 0.3) is 0 Å². The second-order valence-corrected chi connectivity index (χ2v) is 13.9. The largest absolute Gasteiger partial charge is 0.550 e. The van der Waals surface area contributed by atoms with Crippen molar-refractivity contribution >= 4 is 11.9 Å². The molecule has 2 aliphatic rings. The van der Waals surface area contributed by atoms with Crippen molar-refractivity contribution in [3.8, 4) is 0 Å². The lowest BCUT2D eigenvalue weighted by Gasteiger charge is -2.46. The van der Waals surface area contributed by atoms with Gasteiger partial charge in [0.05, 0.1) is 12.7 Å². The topological polar surface area (TPSA) is 225 Å². The van der Waals surface area contributed by atoms with Gasteiger partial charge in [0.15, 0.2) is 12.6 Å². The number of aliphatic hydroxyl groups is 6. The molecule has 2 heterocycles. The van der Waals surface area contributed by atoms with Gasteiger partial charge in [-0.1, -0.05) is 103 Å². The number of carboxylic acid groups (broad SMARTS) is 1. The Kier molecular flexibility index (Phi) is 22.8. The molecule has 6 N–H and O–H groups in total. The van der Waals surface area contributed by atoms with Crippen LogP contribution in [0.4, 0.5) is 0 Å². The highest BCUT2D eigenvalue weighted by atomic mass is 16.8. The standard InChI is InChI=1S/C36H66O14/c1-3-4-5-6-10-13-16-19-25(20-17-14-11-8-7-9-12-15-18-21-28(39)40)47-36-34(32(44)29(41)26(22-37)48-36)50-35-33(45)31(43)30(42)27(49-35)23-46-24(2)38/h25-27,29-37,41-45H,3-23H2,1-2H3,(H,39,40)/p-1/t25?,26-,27-,29-,30-,31+,32+,33-,34-,35+,36-/m1/s1. The molecule has 2 rings (SSSR count). The lowest BCUT2D eigenvalue weighted by atomic mass is 9.97. The smallest absolute Gasteiger partial charge is 0.302 e. The Hall–Kier alpha value is -1.46. The number of hydrogen-bond acceptors (Lipinski definition) is 14. The van der Waals surface area contributed by atoms with E-state index in [1.54, 1.807) is 0 Å². The molecule has 0 aromatic heterocycles. The SMILES string of the molecule is CCCCCCCCCC(CCCCCCCCCCCC(=O)[O-])O[C@@H]1O[C@H](CO)[C@@H](O)[C@H](O)[C@H]1O[C@@H]1O[C@H](COC(C)=O)[C@@H](O)[C@H](O)[C@H]1O. The molecular weight excluding hydrogens is 656 g/mol. The number of hydrogen-bond donors (Lipinski definition) is 6. The maximum Gasteiger partial charge on any atom is 0.302 e. The van der Waals surface area contributed by atoms with Crippen LogP contribution in [0.3, 0.4) is 0 Å². The number of ether oxygens (including phenoxy) is 5. The van der Waals surface area contributed by atoms with Crippen LogP contribution in [0.25, 0.3) is 0 Å². The number of unbranched alkanes of at least 4 members (excludes halogenated alkanes) is 14. The molecule has 294 valence electrons. The highest BCUT2D eigenvalue weighted by molar-refractivity contribution is 5.65. The van der Waals surface area contributed by atoms with Gasteiger partial charge in [-0.15, -0.1) is 0 Å². The molecule has 0 radical (unpaired) electrons. The molecule has 0 aromatic carbocycles. The van der Waals surface area contributed by atoms with E-state index in [4.69, 9.17) is 23.7 Å². The normalized spacial score (nSPS) is 30.6. The van der Waals surface area contributed by atoms with Crippen molar-refractivity contribution < 1.29 is 69.0 Å². The van der Waals surface area contributed by atoms with Gasteiger partial charge >= 0.3 is 5.97 Å². The first-order chi connectivity index (χ1) is 24.0. The summed E-state index contributed by atoms with van der Waals surface area (Å²) in [6.45, 7) is 2.33. The van der Waals surface area contributed by atoms with E-state index in [1.165, 1.54) is 32.6 Å². The minimum atomic E-state index is -1.76. The average Bonchev–Trinajstić information content (AvgIpc) is 3.08. The van der Waals surface area contributed by atoms with Crippen LogP contribution in [-0.2, 0) is 33.3 Å². The third-order valence-corrected chi connectivity index (χ3v) is 9.60. The summed E-state index contributed by atoms with van der Waals surface area (Å²) in [7, 11) is 0. The predicted molar refractivity (Wildman–Crippen MR) is 179 cm³/mol. The highest BCUT2D eigenvalue weighted by Crippen LogP contribution is 2.32. The molecule has 0 bridgehead atoms. The van der Waals surface area contributed by atoms with Gasteiger partial charge in [-0.2, -0.15) is 0 Å². The molecule has 0 aliphatic carbocycles. The van der Waals surface area contributed by atoms with Crippen LogP contribution >= 0.6 is 0 Å². The summed E-state index contributed by atoms with van der Waals surface area (Å²) in [5.41, 5.74) is 0. The van der Waals surface area contributed by atoms with E-state index in [2.05, 4.69) is 6.92 Å². The van der Waals surface area contributed by atoms with Crippen molar-refractivity contribution in [2.24, 2.45) is 0 Å². The number of esters is 1. The van der Waals surface area contributed by atoms with Gasteiger partial charge in [-0.3, -0.25) is 4.79 Å². The van der Waals surface area contributed by atoms with Gasteiger partial charge < -0.3 is 64.2 Å². The second-order valence-electron chi connectivity index (χ2n) is 13.9. The van der Waals surface area contributed by atoms with Crippen LogP contribution < -0.4 is 5.11 Å². The van der Waals surface area contributed by atoms with Crippen molar-refractivity contribution in [2.45, 2.75) is 203 Å². The second kappa shape index (κ2) is 25.5. The Labute approximate surface area is 297 Å². The minimum absolute atomic E-state index is 0.114. The summed E-state index contributed by atoms with van der Waals surface area (Å²) >= 11 is 0. The number of rotatable bonds is 27. The fourth-order valence-electron chi connectivity index (χ4n) is 6.51. The molecule has 2 aliphatic heterocycles. The molecule has 11 atom stereocenters. The number of carbonyl (C=O) groups excluding carboxylic acids is 2. The molecular formula is C36H65O14-. The van der Waals surface area contributed by atoms with E-state index in [9.17, 15) is 45.3 Å². The zero-order valence-corrected chi connectivity index (χ0v) is 30.1. The van der Waals surface area contributed by atoms with Gasteiger partial charge in [-0.05, 0) is 25.7 Å². The summed E-state index contributed by atoms with van der Waals surface area (Å²) < 4.78 is 28.9. The Morgan fingerprint density at radius 1 is 0.660 bits per heavy atom. The highest BCUT2D eigenvalue weighted by Gasteiger charge is 2.51. The van der Waals surface area contributed by atoms with E-state index < -0.39 is 86.6 Å². The molecule has 14 nitrogen and oxygen atoms in total. The third-order valence-electron chi connectivity index (χ3n) is 9.60.